The lowest BCUT2D eigenvalue weighted by Crippen LogP contribution is -2.23. The summed E-state index contributed by atoms with van der Waals surface area (Å²) in [5, 5.41) is 3.08. The van der Waals surface area contributed by atoms with Gasteiger partial charge in [-0.1, -0.05) is 19.6 Å². The summed E-state index contributed by atoms with van der Waals surface area (Å²) in [6, 6.07) is 8.36. The normalized spacial score (nSPS) is 9.06. The molecule has 1 rings (SSSR count). The van der Waals surface area contributed by atoms with E-state index in [1.165, 1.54) is 5.56 Å². The number of rotatable bonds is 5. The molecule has 0 aliphatic carbocycles. The van der Waals surface area contributed by atoms with Crippen molar-refractivity contribution in [3.8, 4) is 0 Å². The molecule has 0 fully saturated rings. The van der Waals surface area contributed by atoms with Crippen LogP contribution in [0.25, 0.3) is 0 Å². The topological polar surface area (TPSA) is 76.4 Å². The second-order valence-electron chi connectivity index (χ2n) is 3.36. The average Bonchev–Trinajstić information content (AvgIpc) is 2.25. The first kappa shape index (κ1) is 14.3. The first-order chi connectivity index (χ1) is 7.22. The zero-order valence-electron chi connectivity index (χ0n) is 9.03. The minimum absolute atomic E-state index is 0. The number of anilines is 1. The van der Waals surface area contributed by atoms with Gasteiger partial charge in [0.1, 0.15) is 0 Å². The van der Waals surface area contributed by atoms with Crippen molar-refractivity contribution in [3.63, 3.8) is 0 Å². The Balaban J connectivity index is 0.00000225. The predicted molar refractivity (Wildman–Crippen MR) is 71.7 cm³/mol. The third kappa shape index (κ3) is 5.24. The van der Waals surface area contributed by atoms with Crippen molar-refractivity contribution < 1.29 is 0 Å². The summed E-state index contributed by atoms with van der Waals surface area (Å²) in [5.41, 5.74) is 12.9. The Morgan fingerprint density at radius 3 is 2.38 bits per heavy atom. The largest absolute Gasteiger partial charge is 0.388 e. The van der Waals surface area contributed by atoms with E-state index in [1.54, 1.807) is 0 Å². The first-order valence-electron chi connectivity index (χ1n) is 5.04. The molecule has 0 aliphatic heterocycles. The van der Waals surface area contributed by atoms with Gasteiger partial charge in [-0.15, -0.1) is 0 Å². The fourth-order valence-corrected chi connectivity index (χ4v) is 1.33. The van der Waals surface area contributed by atoms with Crippen LogP contribution in [0.2, 0.25) is 0 Å². The standard InChI is InChI=1S/C11H18N4.CH4/c1-14-10-6-4-9(5-7-10)3-2-8-15-11(12)13;/h4-7,14H,2-3,8H2,1H3,(H4,12,13,15);1H4. The number of nitrogens with one attached hydrogen (secondary N) is 1. The maximum Gasteiger partial charge on any atom is 0.185 e. The maximum absolute atomic E-state index is 5.23. The molecule has 0 heterocycles. The Hall–Kier alpha value is -1.71. The fourth-order valence-electron chi connectivity index (χ4n) is 1.33. The van der Waals surface area contributed by atoms with Crippen LogP contribution in [0.1, 0.15) is 19.4 Å². The lowest BCUT2D eigenvalue weighted by Gasteiger charge is -2.02. The molecule has 1 aromatic carbocycles. The van der Waals surface area contributed by atoms with Gasteiger partial charge in [0.05, 0.1) is 0 Å². The van der Waals surface area contributed by atoms with Crippen molar-refractivity contribution in [3.05, 3.63) is 29.8 Å². The van der Waals surface area contributed by atoms with Crippen molar-refractivity contribution in [2.45, 2.75) is 20.3 Å². The highest BCUT2D eigenvalue weighted by Crippen LogP contribution is 2.09. The molecule has 5 N–H and O–H groups in total. The summed E-state index contributed by atoms with van der Waals surface area (Å²) in [6.45, 7) is 0.691. The highest BCUT2D eigenvalue weighted by atomic mass is 15.0. The number of aliphatic imine (C=N–C) groups is 1. The van der Waals surface area contributed by atoms with Gasteiger partial charge in [-0.25, -0.2) is 0 Å². The van der Waals surface area contributed by atoms with E-state index in [-0.39, 0.29) is 13.4 Å². The SMILES string of the molecule is C.CNc1ccc(CCCN=C(N)N)cc1. The van der Waals surface area contributed by atoms with Gasteiger partial charge in [0, 0.05) is 19.3 Å². The van der Waals surface area contributed by atoms with Crippen LogP contribution >= 0.6 is 0 Å². The molecule has 4 nitrogen and oxygen atoms in total. The Labute approximate surface area is 97.8 Å². The second kappa shape index (κ2) is 7.56. The molecule has 0 saturated heterocycles. The van der Waals surface area contributed by atoms with E-state index >= 15 is 0 Å². The molecule has 0 unspecified atom stereocenters. The number of hydrogen-bond donors (Lipinski definition) is 3. The molecule has 0 bridgehead atoms. The number of nitrogens with zero attached hydrogens (tertiary/aromatic N) is 1. The van der Waals surface area contributed by atoms with Gasteiger partial charge in [-0.3, -0.25) is 4.99 Å². The molecular formula is C12H22N4. The number of aryl methyl sites for hydroxylation is 1. The molecule has 0 aliphatic rings. The Kier molecular flexibility index (Phi) is 6.76. The molecule has 0 spiro atoms. The zero-order valence-corrected chi connectivity index (χ0v) is 9.03. The quantitative estimate of drug-likeness (QED) is 0.402. The van der Waals surface area contributed by atoms with E-state index in [2.05, 4.69) is 34.6 Å². The van der Waals surface area contributed by atoms with Crippen LogP contribution in [0, 0.1) is 0 Å². The maximum atomic E-state index is 5.23. The summed E-state index contributed by atoms with van der Waals surface area (Å²) >= 11 is 0. The van der Waals surface area contributed by atoms with Gasteiger partial charge in [0.15, 0.2) is 5.96 Å². The van der Waals surface area contributed by atoms with Crippen LogP contribution in [0.3, 0.4) is 0 Å². The van der Waals surface area contributed by atoms with Crippen molar-refractivity contribution in [2.75, 3.05) is 18.9 Å². The van der Waals surface area contributed by atoms with Gasteiger partial charge in [0.2, 0.25) is 0 Å². The Morgan fingerprint density at radius 1 is 1.25 bits per heavy atom. The van der Waals surface area contributed by atoms with Crippen molar-refractivity contribution in [1.82, 2.24) is 0 Å². The van der Waals surface area contributed by atoms with Gasteiger partial charge in [-0.2, -0.15) is 0 Å². The summed E-state index contributed by atoms with van der Waals surface area (Å²) in [5.74, 6) is 0.167. The highest BCUT2D eigenvalue weighted by molar-refractivity contribution is 5.75. The van der Waals surface area contributed by atoms with Crippen LogP contribution in [-0.4, -0.2) is 19.6 Å². The van der Waals surface area contributed by atoms with E-state index in [0.717, 1.165) is 18.5 Å². The predicted octanol–water partition coefficient (Wildman–Crippen LogP) is 1.57. The van der Waals surface area contributed by atoms with E-state index in [1.807, 2.05) is 7.05 Å². The number of benzene rings is 1. The van der Waals surface area contributed by atoms with Crippen molar-refractivity contribution >= 4 is 11.6 Å². The van der Waals surface area contributed by atoms with Crippen LogP contribution in [0.5, 0.6) is 0 Å². The molecular weight excluding hydrogens is 200 g/mol. The van der Waals surface area contributed by atoms with E-state index in [4.69, 9.17) is 11.5 Å². The summed E-state index contributed by atoms with van der Waals surface area (Å²) in [6.07, 6.45) is 1.97. The fraction of sp³-hybridized carbons (Fsp3) is 0.417. The van der Waals surface area contributed by atoms with Crippen molar-refractivity contribution in [2.24, 2.45) is 16.5 Å². The molecule has 0 saturated carbocycles. The lowest BCUT2D eigenvalue weighted by atomic mass is 10.1. The average molecular weight is 222 g/mol. The second-order valence-corrected chi connectivity index (χ2v) is 3.36. The molecule has 0 atom stereocenters. The lowest BCUT2D eigenvalue weighted by molar-refractivity contribution is 0.831. The minimum Gasteiger partial charge on any atom is -0.388 e. The van der Waals surface area contributed by atoms with Crippen molar-refractivity contribution in [1.29, 1.82) is 0 Å². The summed E-state index contributed by atoms with van der Waals surface area (Å²) < 4.78 is 0. The third-order valence-corrected chi connectivity index (χ3v) is 2.16. The first-order valence-corrected chi connectivity index (χ1v) is 5.04. The monoisotopic (exact) mass is 222 g/mol. The molecule has 0 radical (unpaired) electrons. The van der Waals surface area contributed by atoms with Gasteiger partial charge in [-0.05, 0) is 30.5 Å². The van der Waals surface area contributed by atoms with Crippen LogP contribution < -0.4 is 16.8 Å². The van der Waals surface area contributed by atoms with Gasteiger partial charge >= 0.3 is 0 Å². The molecule has 4 heteroatoms. The Morgan fingerprint density at radius 2 is 1.88 bits per heavy atom. The van der Waals surface area contributed by atoms with E-state index < -0.39 is 0 Å². The zero-order chi connectivity index (χ0) is 11.1. The number of nitrogens with two attached hydrogens (primary N) is 2. The smallest absolute Gasteiger partial charge is 0.185 e. The minimum atomic E-state index is 0. The van der Waals surface area contributed by atoms with Crippen LogP contribution in [0.15, 0.2) is 29.3 Å². The summed E-state index contributed by atoms with van der Waals surface area (Å²) in [7, 11) is 1.91. The highest BCUT2D eigenvalue weighted by Gasteiger charge is 1.93. The van der Waals surface area contributed by atoms with E-state index in [9.17, 15) is 0 Å². The van der Waals surface area contributed by atoms with E-state index in [0.29, 0.717) is 6.54 Å². The van der Waals surface area contributed by atoms with Gasteiger partial charge in [0.25, 0.3) is 0 Å². The molecule has 90 valence electrons. The molecule has 1 aromatic rings. The molecule has 0 aromatic heterocycles. The Bertz CT molecular complexity index is 312. The van der Waals surface area contributed by atoms with Crippen LogP contribution in [0.4, 0.5) is 5.69 Å². The number of guanidine groups is 1. The third-order valence-electron chi connectivity index (χ3n) is 2.16. The van der Waals surface area contributed by atoms with Gasteiger partial charge < -0.3 is 16.8 Å². The number of hydrogen-bond acceptors (Lipinski definition) is 2. The van der Waals surface area contributed by atoms with Crippen LogP contribution in [-0.2, 0) is 6.42 Å². The molecule has 16 heavy (non-hydrogen) atoms. The summed E-state index contributed by atoms with van der Waals surface area (Å²) in [4.78, 5) is 3.93. The molecule has 0 amide bonds.